The molecule has 0 N–H and O–H groups in total. The van der Waals surface area contributed by atoms with Crippen LogP contribution < -0.4 is 0 Å². The Morgan fingerprint density at radius 2 is 1.74 bits per heavy atom. The molecule has 0 bridgehead atoms. The van der Waals surface area contributed by atoms with Crippen LogP contribution in [0.4, 0.5) is 8.78 Å². The Morgan fingerprint density at radius 1 is 0.935 bits per heavy atom. The zero-order chi connectivity index (χ0) is 22.1. The standard InChI is InChI=1S/C29H42F2/c1-3-5-6-9-23-12-14-24(15-13-23)10-7-8-11-26-20-21-27(29(31)28(26)30)25-18-16-22(4-2)17-19-25/h7,10,12,20-22,24-25H,3-6,8-9,11,13-19H2,1-2H3. The third kappa shape index (κ3) is 7.02. The molecule has 1 aromatic carbocycles. The van der Waals surface area contributed by atoms with E-state index in [1.165, 1.54) is 44.9 Å². The van der Waals surface area contributed by atoms with Crippen LogP contribution in [0, 0.1) is 23.5 Å². The molecule has 0 radical (unpaired) electrons. The molecule has 1 fully saturated rings. The summed E-state index contributed by atoms with van der Waals surface area (Å²) in [5.41, 5.74) is 2.77. The maximum absolute atomic E-state index is 14.8. The lowest BCUT2D eigenvalue weighted by atomic mass is 9.77. The Balaban J connectivity index is 1.46. The lowest BCUT2D eigenvalue weighted by Crippen LogP contribution is -2.14. The third-order valence-corrected chi connectivity index (χ3v) is 7.69. The van der Waals surface area contributed by atoms with Gasteiger partial charge in [-0.1, -0.05) is 69.0 Å². The molecule has 2 aliphatic rings. The van der Waals surface area contributed by atoms with Crippen LogP contribution >= 0.6 is 0 Å². The number of aryl methyl sites for hydroxylation is 1. The Labute approximate surface area is 189 Å². The highest BCUT2D eigenvalue weighted by Crippen LogP contribution is 2.38. The summed E-state index contributed by atoms with van der Waals surface area (Å²) in [7, 11) is 0. The van der Waals surface area contributed by atoms with Crippen LogP contribution in [0.5, 0.6) is 0 Å². The summed E-state index contributed by atoms with van der Waals surface area (Å²) in [6.45, 7) is 4.48. The second kappa shape index (κ2) is 12.6. The van der Waals surface area contributed by atoms with E-state index in [1.807, 2.05) is 12.1 Å². The van der Waals surface area contributed by atoms with Gasteiger partial charge in [0.1, 0.15) is 0 Å². The number of hydrogen-bond acceptors (Lipinski definition) is 0. The fourth-order valence-corrected chi connectivity index (χ4v) is 5.43. The molecule has 1 aromatic rings. The van der Waals surface area contributed by atoms with Crippen molar-refractivity contribution in [2.75, 3.05) is 0 Å². The van der Waals surface area contributed by atoms with Crippen molar-refractivity contribution in [1.82, 2.24) is 0 Å². The van der Waals surface area contributed by atoms with Crippen molar-refractivity contribution in [3.05, 3.63) is 58.7 Å². The van der Waals surface area contributed by atoms with Crippen LogP contribution in [-0.2, 0) is 6.42 Å². The molecule has 0 heterocycles. The number of rotatable bonds is 10. The van der Waals surface area contributed by atoms with Crippen molar-refractivity contribution < 1.29 is 8.78 Å². The minimum Gasteiger partial charge on any atom is -0.203 e. The van der Waals surface area contributed by atoms with Gasteiger partial charge in [0.15, 0.2) is 11.6 Å². The van der Waals surface area contributed by atoms with Gasteiger partial charge in [0, 0.05) is 0 Å². The molecule has 0 spiro atoms. The van der Waals surface area contributed by atoms with Gasteiger partial charge in [-0.25, -0.2) is 8.78 Å². The molecule has 0 saturated heterocycles. The number of benzene rings is 1. The van der Waals surface area contributed by atoms with E-state index in [0.29, 0.717) is 23.5 Å². The Bertz CT molecular complexity index is 737. The van der Waals surface area contributed by atoms with Gasteiger partial charge in [-0.15, -0.1) is 0 Å². The van der Waals surface area contributed by atoms with E-state index in [9.17, 15) is 8.78 Å². The van der Waals surface area contributed by atoms with Crippen molar-refractivity contribution in [2.24, 2.45) is 11.8 Å². The maximum Gasteiger partial charge on any atom is 0.162 e. The predicted molar refractivity (Wildman–Crippen MR) is 128 cm³/mol. The first-order valence-electron chi connectivity index (χ1n) is 12.9. The third-order valence-electron chi connectivity index (χ3n) is 7.69. The van der Waals surface area contributed by atoms with Crippen LogP contribution in [0.3, 0.4) is 0 Å². The summed E-state index contributed by atoms with van der Waals surface area (Å²) >= 11 is 0. The van der Waals surface area contributed by atoms with Gasteiger partial charge in [-0.3, -0.25) is 0 Å². The molecule has 0 aliphatic heterocycles. The van der Waals surface area contributed by atoms with Gasteiger partial charge >= 0.3 is 0 Å². The maximum atomic E-state index is 14.8. The SMILES string of the molecule is CCCCCC1=CCC(C=CCCc2ccc(C3CCC(CC)CC3)c(F)c2F)CC1. The molecule has 2 aliphatic carbocycles. The van der Waals surface area contributed by atoms with E-state index < -0.39 is 11.6 Å². The van der Waals surface area contributed by atoms with Crippen molar-refractivity contribution >= 4 is 0 Å². The van der Waals surface area contributed by atoms with Crippen LogP contribution in [0.1, 0.15) is 114 Å². The lowest BCUT2D eigenvalue weighted by molar-refractivity contribution is 0.312. The van der Waals surface area contributed by atoms with Gasteiger partial charge in [0.05, 0.1) is 0 Å². The fraction of sp³-hybridized carbons (Fsp3) is 0.655. The molecule has 3 rings (SSSR count). The fourth-order valence-electron chi connectivity index (χ4n) is 5.43. The molecule has 1 saturated carbocycles. The van der Waals surface area contributed by atoms with E-state index in [1.54, 1.807) is 5.57 Å². The van der Waals surface area contributed by atoms with Crippen LogP contribution in [-0.4, -0.2) is 0 Å². The first-order chi connectivity index (χ1) is 15.1. The van der Waals surface area contributed by atoms with Gasteiger partial charge in [-0.05, 0) is 99.5 Å². The highest BCUT2D eigenvalue weighted by molar-refractivity contribution is 5.29. The number of hydrogen-bond donors (Lipinski definition) is 0. The topological polar surface area (TPSA) is 0 Å². The number of halogens is 2. The first kappa shape index (κ1) is 24.2. The summed E-state index contributed by atoms with van der Waals surface area (Å²) in [6.07, 6.45) is 22.5. The van der Waals surface area contributed by atoms with E-state index in [2.05, 4.69) is 32.1 Å². The molecule has 0 aromatic heterocycles. The van der Waals surface area contributed by atoms with E-state index in [4.69, 9.17) is 0 Å². The summed E-state index contributed by atoms with van der Waals surface area (Å²) in [4.78, 5) is 0. The molecule has 0 nitrogen and oxygen atoms in total. The Morgan fingerprint density at radius 3 is 2.42 bits per heavy atom. The normalized spacial score (nSPS) is 24.5. The van der Waals surface area contributed by atoms with Crippen LogP contribution in [0.25, 0.3) is 0 Å². The van der Waals surface area contributed by atoms with Crippen molar-refractivity contribution in [2.45, 2.75) is 110 Å². The lowest BCUT2D eigenvalue weighted by Gasteiger charge is -2.28. The molecule has 172 valence electrons. The molecule has 2 heteroatoms. The number of allylic oxidation sites excluding steroid dienone is 4. The van der Waals surface area contributed by atoms with Crippen molar-refractivity contribution in [3.8, 4) is 0 Å². The van der Waals surface area contributed by atoms with Crippen LogP contribution in [0.2, 0.25) is 0 Å². The molecular weight excluding hydrogens is 386 g/mol. The summed E-state index contributed by atoms with van der Waals surface area (Å²) < 4.78 is 29.5. The Hall–Kier alpha value is -1.44. The zero-order valence-corrected chi connectivity index (χ0v) is 19.8. The molecular formula is C29H42F2. The quantitative estimate of drug-likeness (QED) is 0.257. The van der Waals surface area contributed by atoms with Crippen molar-refractivity contribution in [3.63, 3.8) is 0 Å². The minimum atomic E-state index is -0.610. The minimum absolute atomic E-state index is 0.192. The van der Waals surface area contributed by atoms with E-state index in [-0.39, 0.29) is 5.92 Å². The summed E-state index contributed by atoms with van der Waals surface area (Å²) in [5.74, 6) is 0.368. The largest absolute Gasteiger partial charge is 0.203 e. The van der Waals surface area contributed by atoms with Gasteiger partial charge in [0.25, 0.3) is 0 Å². The smallest absolute Gasteiger partial charge is 0.162 e. The second-order valence-corrected chi connectivity index (χ2v) is 9.89. The first-order valence-corrected chi connectivity index (χ1v) is 12.9. The Kier molecular flexibility index (Phi) is 9.81. The average Bonchev–Trinajstić information content (AvgIpc) is 2.80. The van der Waals surface area contributed by atoms with E-state index >= 15 is 0 Å². The molecule has 1 unspecified atom stereocenters. The van der Waals surface area contributed by atoms with Crippen LogP contribution in [0.15, 0.2) is 35.9 Å². The number of unbranched alkanes of at least 4 members (excludes halogenated alkanes) is 2. The van der Waals surface area contributed by atoms with Crippen molar-refractivity contribution in [1.29, 1.82) is 0 Å². The van der Waals surface area contributed by atoms with Gasteiger partial charge < -0.3 is 0 Å². The van der Waals surface area contributed by atoms with Gasteiger partial charge in [0.2, 0.25) is 0 Å². The zero-order valence-electron chi connectivity index (χ0n) is 19.8. The molecule has 0 amide bonds. The predicted octanol–water partition coefficient (Wildman–Crippen LogP) is 9.44. The van der Waals surface area contributed by atoms with Gasteiger partial charge in [-0.2, -0.15) is 0 Å². The average molecular weight is 429 g/mol. The second-order valence-electron chi connectivity index (χ2n) is 9.89. The summed E-state index contributed by atoms with van der Waals surface area (Å²) in [5, 5.41) is 0. The monoisotopic (exact) mass is 428 g/mol. The van der Waals surface area contributed by atoms with E-state index in [0.717, 1.165) is 44.4 Å². The molecule has 31 heavy (non-hydrogen) atoms. The summed E-state index contributed by atoms with van der Waals surface area (Å²) in [6, 6.07) is 3.69. The highest BCUT2D eigenvalue weighted by atomic mass is 19.2. The molecule has 1 atom stereocenters. The highest BCUT2D eigenvalue weighted by Gasteiger charge is 2.25.